The van der Waals surface area contributed by atoms with Crippen LogP contribution in [0.2, 0.25) is 0 Å². The minimum absolute atomic E-state index is 0.135. The number of hydrogen-bond acceptors (Lipinski definition) is 1. The van der Waals surface area contributed by atoms with Crippen LogP contribution in [0.15, 0.2) is 77.9 Å². The fraction of sp³-hybridized carbons (Fsp3) is 0.250. The molecule has 0 spiro atoms. The molecule has 0 atom stereocenters. The van der Waals surface area contributed by atoms with Crippen molar-refractivity contribution in [3.05, 3.63) is 84.1 Å². The molecule has 132 valence electrons. The largest absolute Gasteiger partial charge is 0.292 e. The molecule has 0 saturated carbocycles. The van der Waals surface area contributed by atoms with Gasteiger partial charge in [-0.3, -0.25) is 4.99 Å². The van der Waals surface area contributed by atoms with Gasteiger partial charge in [0.25, 0.3) is 0 Å². The number of benzene rings is 2. The minimum atomic E-state index is -0.135. The number of aryl methyl sites for hydroxylation is 1. The topological polar surface area (TPSA) is 16.2 Å². The molecule has 0 unspecified atom stereocenters. The van der Waals surface area contributed by atoms with Crippen LogP contribution in [-0.4, -0.2) is 12.8 Å². The second-order valence-corrected chi connectivity index (χ2v) is 7.05. The molecule has 2 heteroatoms. The van der Waals surface area contributed by atoms with E-state index in [0.717, 1.165) is 12.3 Å². The number of pyridine rings is 1. The van der Waals surface area contributed by atoms with Crippen LogP contribution in [0, 0.1) is 0 Å². The molecule has 1 aromatic heterocycles. The van der Waals surface area contributed by atoms with Gasteiger partial charge in [-0.2, -0.15) is 4.57 Å². The molecule has 2 nitrogen and oxygen atoms in total. The highest BCUT2D eigenvalue weighted by atomic mass is 14.9. The van der Waals surface area contributed by atoms with Crippen molar-refractivity contribution in [1.82, 2.24) is 0 Å². The van der Waals surface area contributed by atoms with Crippen LogP contribution in [0.5, 0.6) is 0 Å². The molecule has 0 N–H and O–H groups in total. The molecule has 0 bridgehead atoms. The number of hydrogen-bond donors (Lipinski definition) is 0. The highest BCUT2D eigenvalue weighted by Gasteiger charge is 2.25. The normalized spacial score (nSPS) is 12.8. The number of aliphatic imine (C=N–C) groups is 1. The van der Waals surface area contributed by atoms with Gasteiger partial charge >= 0.3 is 0 Å². The first-order valence-corrected chi connectivity index (χ1v) is 9.19. The average Bonchev–Trinajstić information content (AvgIpc) is 2.68. The average molecular weight is 343 g/mol. The van der Waals surface area contributed by atoms with Gasteiger partial charge in [-0.05, 0) is 36.8 Å². The lowest BCUT2D eigenvalue weighted by Gasteiger charge is -2.25. The third kappa shape index (κ3) is 3.60. The van der Waals surface area contributed by atoms with Crippen LogP contribution < -0.4 is 4.57 Å². The van der Waals surface area contributed by atoms with E-state index >= 15 is 0 Å². The lowest BCUT2D eigenvalue weighted by Crippen LogP contribution is -2.33. The van der Waals surface area contributed by atoms with Gasteiger partial charge in [0.15, 0.2) is 6.20 Å². The zero-order chi connectivity index (χ0) is 18.6. The quantitative estimate of drug-likeness (QED) is 0.447. The van der Waals surface area contributed by atoms with Crippen molar-refractivity contribution in [3.8, 4) is 0 Å². The summed E-state index contributed by atoms with van der Waals surface area (Å²) in [5.74, 6) is 0. The zero-order valence-corrected chi connectivity index (χ0v) is 16.1. The highest BCUT2D eigenvalue weighted by Crippen LogP contribution is 2.26. The second-order valence-electron chi connectivity index (χ2n) is 7.05. The highest BCUT2D eigenvalue weighted by molar-refractivity contribution is 6.05. The number of aromatic nitrogens is 1. The van der Waals surface area contributed by atoms with Crippen molar-refractivity contribution >= 4 is 22.7 Å². The summed E-state index contributed by atoms with van der Waals surface area (Å²) in [6, 6.07) is 21.3. The fourth-order valence-electron chi connectivity index (χ4n) is 3.43. The van der Waals surface area contributed by atoms with Gasteiger partial charge in [-0.15, -0.1) is 0 Å². The van der Waals surface area contributed by atoms with Crippen molar-refractivity contribution in [1.29, 1.82) is 0 Å². The van der Waals surface area contributed by atoms with Gasteiger partial charge in [0.05, 0.1) is 0 Å². The number of rotatable bonds is 5. The maximum absolute atomic E-state index is 4.58. The lowest BCUT2D eigenvalue weighted by molar-refractivity contribution is -0.667. The summed E-state index contributed by atoms with van der Waals surface area (Å²) in [7, 11) is 1.87. The smallest absolute Gasteiger partial charge is 0.212 e. The number of para-hydroxylation sites is 1. The van der Waals surface area contributed by atoms with Gasteiger partial charge in [0.2, 0.25) is 5.52 Å². The molecule has 0 aliphatic rings. The third-order valence-corrected chi connectivity index (χ3v) is 5.02. The van der Waals surface area contributed by atoms with Crippen LogP contribution >= 0.6 is 0 Å². The fourth-order valence-corrected chi connectivity index (χ4v) is 3.43. The van der Waals surface area contributed by atoms with E-state index in [9.17, 15) is 0 Å². The number of allylic oxidation sites excluding steroid dienone is 1. The van der Waals surface area contributed by atoms with E-state index in [0.29, 0.717) is 0 Å². The number of fused-ring (bicyclic) bond motifs is 1. The Hall–Kier alpha value is -2.74. The van der Waals surface area contributed by atoms with Gasteiger partial charge < -0.3 is 0 Å². The Balaban J connectivity index is 1.97. The van der Waals surface area contributed by atoms with Crippen molar-refractivity contribution < 1.29 is 4.57 Å². The summed E-state index contributed by atoms with van der Waals surface area (Å²) >= 11 is 0. The maximum Gasteiger partial charge on any atom is 0.212 e. The van der Waals surface area contributed by atoms with Gasteiger partial charge in [0.1, 0.15) is 6.54 Å². The van der Waals surface area contributed by atoms with Crippen LogP contribution in [0.25, 0.3) is 17.0 Å². The molecule has 0 radical (unpaired) electrons. The summed E-state index contributed by atoms with van der Waals surface area (Å²) in [4.78, 5) is 4.58. The Morgan fingerprint density at radius 3 is 2.42 bits per heavy atom. The maximum atomic E-state index is 4.58. The zero-order valence-electron chi connectivity index (χ0n) is 16.1. The Morgan fingerprint density at radius 2 is 1.73 bits per heavy atom. The van der Waals surface area contributed by atoms with E-state index in [1.54, 1.807) is 0 Å². The molecule has 1 heterocycles. The first kappa shape index (κ1) is 18.1. The van der Waals surface area contributed by atoms with E-state index in [4.69, 9.17) is 0 Å². The molecule has 0 fully saturated rings. The van der Waals surface area contributed by atoms with E-state index < -0.39 is 0 Å². The van der Waals surface area contributed by atoms with E-state index in [-0.39, 0.29) is 5.41 Å². The van der Waals surface area contributed by atoms with Crippen LogP contribution in [0.3, 0.4) is 0 Å². The Morgan fingerprint density at radius 1 is 1.04 bits per heavy atom. The summed E-state index contributed by atoms with van der Waals surface area (Å²) < 4.78 is 2.29. The molecule has 26 heavy (non-hydrogen) atoms. The van der Waals surface area contributed by atoms with E-state index in [1.165, 1.54) is 22.0 Å². The first-order valence-electron chi connectivity index (χ1n) is 9.19. The standard InChI is InChI=1S/C24H27N2/c1-5-26-18-19(17-20-11-9-10-14-22(20)26)15-16-23(25-4)24(2,3)21-12-7-6-8-13-21/h6-18H,5H2,1-4H3/q+1/b16-15+,25-23+. The Bertz CT molecular complexity index is 950. The summed E-state index contributed by atoms with van der Waals surface area (Å²) in [6.45, 7) is 7.58. The van der Waals surface area contributed by atoms with E-state index in [1.807, 2.05) is 7.05 Å². The van der Waals surface area contributed by atoms with Crippen LogP contribution in [0.4, 0.5) is 0 Å². The van der Waals surface area contributed by atoms with Crippen LogP contribution in [0.1, 0.15) is 31.9 Å². The molecular weight excluding hydrogens is 316 g/mol. The second kappa shape index (κ2) is 7.65. The Labute approximate surface area is 156 Å². The molecule has 3 aromatic rings. The van der Waals surface area contributed by atoms with Crippen molar-refractivity contribution in [2.75, 3.05) is 7.05 Å². The van der Waals surface area contributed by atoms with Crippen LogP contribution in [-0.2, 0) is 12.0 Å². The summed E-state index contributed by atoms with van der Waals surface area (Å²) in [6.07, 6.45) is 6.53. The molecule has 0 aliphatic heterocycles. The molecule has 3 rings (SSSR count). The SMILES string of the molecule is CC[n+]1cc(/C=C/C(=N\C)C(C)(C)c2ccccc2)cc2ccccc21. The first-order chi connectivity index (χ1) is 12.6. The molecule has 2 aromatic carbocycles. The molecular formula is C24H27N2+. The predicted octanol–water partition coefficient (Wildman–Crippen LogP) is 5.21. The van der Waals surface area contributed by atoms with Crippen molar-refractivity contribution in [3.63, 3.8) is 0 Å². The van der Waals surface area contributed by atoms with Gasteiger partial charge in [-0.1, -0.05) is 56.3 Å². The summed E-state index contributed by atoms with van der Waals surface area (Å²) in [5, 5.41) is 1.26. The minimum Gasteiger partial charge on any atom is -0.292 e. The predicted molar refractivity (Wildman–Crippen MR) is 112 cm³/mol. The monoisotopic (exact) mass is 343 g/mol. The molecule has 0 amide bonds. The van der Waals surface area contributed by atoms with Gasteiger partial charge in [-0.25, -0.2) is 0 Å². The third-order valence-electron chi connectivity index (χ3n) is 5.02. The molecule has 0 saturated heterocycles. The van der Waals surface area contributed by atoms with E-state index in [2.05, 4.69) is 109 Å². The van der Waals surface area contributed by atoms with Gasteiger partial charge in [0, 0.05) is 35.2 Å². The number of nitrogens with zero attached hydrogens (tertiary/aromatic N) is 2. The van der Waals surface area contributed by atoms with Crippen molar-refractivity contribution in [2.45, 2.75) is 32.7 Å². The lowest BCUT2D eigenvalue weighted by atomic mass is 9.79. The molecule has 0 aliphatic carbocycles. The Kier molecular flexibility index (Phi) is 5.32. The summed E-state index contributed by atoms with van der Waals surface area (Å²) in [5.41, 5.74) is 4.66. The van der Waals surface area contributed by atoms with Crippen molar-refractivity contribution in [2.24, 2.45) is 4.99 Å².